The van der Waals surface area contributed by atoms with Crippen molar-refractivity contribution in [2.24, 2.45) is 4.99 Å². The van der Waals surface area contributed by atoms with Crippen molar-refractivity contribution in [3.05, 3.63) is 58.6 Å². The van der Waals surface area contributed by atoms with Crippen molar-refractivity contribution in [3.63, 3.8) is 0 Å². The summed E-state index contributed by atoms with van der Waals surface area (Å²) in [5.74, 6) is 0.201. The zero-order valence-electron chi connectivity index (χ0n) is 15.8. The molecule has 0 spiro atoms. The summed E-state index contributed by atoms with van der Waals surface area (Å²) in [6.07, 6.45) is 5.15. The second kappa shape index (κ2) is 7.16. The first-order chi connectivity index (χ1) is 12.3. The van der Waals surface area contributed by atoms with Gasteiger partial charge in [0, 0.05) is 35.6 Å². The SMILES string of the molecule is CCCN1c2cc(Cl)c(C=Nc3cccc(O)c3)cc2C(C)=CC1(C)C. The summed E-state index contributed by atoms with van der Waals surface area (Å²) >= 11 is 6.58. The predicted octanol–water partition coefficient (Wildman–Crippen LogP) is 6.21. The molecule has 0 atom stereocenters. The Morgan fingerprint density at radius 2 is 2.00 bits per heavy atom. The van der Waals surface area contributed by atoms with Crippen LogP contribution in [0.5, 0.6) is 5.75 Å². The lowest BCUT2D eigenvalue weighted by molar-refractivity contribution is 0.475. The first kappa shape index (κ1) is 18.5. The van der Waals surface area contributed by atoms with Crippen LogP contribution in [0.3, 0.4) is 0 Å². The third kappa shape index (κ3) is 3.63. The van der Waals surface area contributed by atoms with Gasteiger partial charge in [0.25, 0.3) is 0 Å². The van der Waals surface area contributed by atoms with Gasteiger partial charge in [-0.1, -0.05) is 30.7 Å². The monoisotopic (exact) mass is 368 g/mol. The van der Waals surface area contributed by atoms with Gasteiger partial charge in [-0.05, 0) is 57.0 Å². The second-order valence-corrected chi connectivity index (χ2v) is 7.71. The van der Waals surface area contributed by atoms with Gasteiger partial charge < -0.3 is 10.0 Å². The highest BCUT2D eigenvalue weighted by molar-refractivity contribution is 6.33. The van der Waals surface area contributed by atoms with Crippen molar-refractivity contribution in [1.29, 1.82) is 0 Å². The molecule has 0 fully saturated rings. The minimum atomic E-state index is -0.0341. The van der Waals surface area contributed by atoms with Crippen molar-refractivity contribution in [2.45, 2.75) is 39.7 Å². The van der Waals surface area contributed by atoms with E-state index in [0.717, 1.165) is 18.5 Å². The molecule has 3 nitrogen and oxygen atoms in total. The number of phenols is 1. The molecule has 0 aliphatic carbocycles. The van der Waals surface area contributed by atoms with Crippen LogP contribution >= 0.6 is 11.6 Å². The van der Waals surface area contributed by atoms with Crippen LogP contribution < -0.4 is 4.90 Å². The lowest BCUT2D eigenvalue weighted by Gasteiger charge is -2.43. The fourth-order valence-electron chi connectivity index (χ4n) is 3.56. The maximum atomic E-state index is 9.57. The lowest BCUT2D eigenvalue weighted by Crippen LogP contribution is -2.45. The second-order valence-electron chi connectivity index (χ2n) is 7.30. The summed E-state index contributed by atoms with van der Waals surface area (Å²) in [4.78, 5) is 6.87. The number of fused-ring (bicyclic) bond motifs is 1. The molecular weight excluding hydrogens is 344 g/mol. The smallest absolute Gasteiger partial charge is 0.117 e. The number of aliphatic imine (C=N–C) groups is 1. The summed E-state index contributed by atoms with van der Waals surface area (Å²) in [5, 5.41) is 10.3. The van der Waals surface area contributed by atoms with E-state index in [9.17, 15) is 5.11 Å². The Balaban J connectivity index is 2.03. The molecule has 0 saturated carbocycles. The molecule has 2 aromatic carbocycles. The highest BCUT2D eigenvalue weighted by atomic mass is 35.5. The molecule has 1 N–H and O–H groups in total. The van der Waals surface area contributed by atoms with E-state index in [4.69, 9.17) is 11.6 Å². The normalized spacial score (nSPS) is 15.9. The number of benzene rings is 2. The van der Waals surface area contributed by atoms with Gasteiger partial charge in [-0.25, -0.2) is 0 Å². The largest absolute Gasteiger partial charge is 0.508 e. The number of aromatic hydroxyl groups is 1. The highest BCUT2D eigenvalue weighted by Crippen LogP contribution is 2.41. The van der Waals surface area contributed by atoms with E-state index in [0.29, 0.717) is 10.7 Å². The average Bonchev–Trinajstić information content (AvgIpc) is 2.57. The maximum absolute atomic E-state index is 9.57. The molecule has 1 aliphatic heterocycles. The van der Waals surface area contributed by atoms with Crippen molar-refractivity contribution in [3.8, 4) is 5.75 Å². The summed E-state index contributed by atoms with van der Waals surface area (Å²) < 4.78 is 0. The van der Waals surface area contributed by atoms with Gasteiger partial charge in [0.2, 0.25) is 0 Å². The molecule has 0 radical (unpaired) electrons. The summed E-state index contributed by atoms with van der Waals surface area (Å²) in [5.41, 5.74) is 5.16. The van der Waals surface area contributed by atoms with Crippen molar-refractivity contribution in [1.82, 2.24) is 0 Å². The quantitative estimate of drug-likeness (QED) is 0.651. The van der Waals surface area contributed by atoms with Gasteiger partial charge in [0.15, 0.2) is 0 Å². The van der Waals surface area contributed by atoms with Gasteiger partial charge in [-0.15, -0.1) is 0 Å². The zero-order valence-corrected chi connectivity index (χ0v) is 16.5. The molecule has 3 rings (SSSR count). The molecular formula is C22H25ClN2O. The number of rotatable bonds is 4. The minimum Gasteiger partial charge on any atom is -0.508 e. The Morgan fingerprint density at radius 1 is 1.23 bits per heavy atom. The molecule has 0 amide bonds. The van der Waals surface area contributed by atoms with E-state index in [1.807, 2.05) is 6.07 Å². The first-order valence-electron chi connectivity index (χ1n) is 8.96. The number of hydrogen-bond acceptors (Lipinski definition) is 3. The van der Waals surface area contributed by atoms with Crippen LogP contribution in [0.15, 0.2) is 47.5 Å². The molecule has 2 aromatic rings. The molecule has 4 heteroatoms. The molecule has 0 unspecified atom stereocenters. The van der Waals surface area contributed by atoms with Crippen LogP contribution in [-0.4, -0.2) is 23.4 Å². The summed E-state index contributed by atoms with van der Waals surface area (Å²) in [7, 11) is 0. The third-order valence-corrected chi connectivity index (χ3v) is 5.05. The van der Waals surface area contributed by atoms with Crippen LogP contribution in [0.4, 0.5) is 11.4 Å². The Kier molecular flexibility index (Phi) is 5.10. The maximum Gasteiger partial charge on any atom is 0.117 e. The van der Waals surface area contributed by atoms with Crippen molar-refractivity contribution < 1.29 is 5.11 Å². The molecule has 136 valence electrons. The van der Waals surface area contributed by atoms with Gasteiger partial charge in [-0.2, -0.15) is 0 Å². The third-order valence-electron chi connectivity index (χ3n) is 4.73. The van der Waals surface area contributed by atoms with Gasteiger partial charge >= 0.3 is 0 Å². The molecule has 26 heavy (non-hydrogen) atoms. The van der Waals surface area contributed by atoms with E-state index in [1.54, 1.807) is 24.4 Å². The molecule has 0 aromatic heterocycles. The number of anilines is 1. The van der Waals surface area contributed by atoms with Gasteiger partial charge in [0.05, 0.1) is 16.2 Å². The Hall–Kier alpha value is -2.26. The van der Waals surface area contributed by atoms with E-state index >= 15 is 0 Å². The van der Waals surface area contributed by atoms with E-state index in [2.05, 4.69) is 55.8 Å². The van der Waals surface area contributed by atoms with Crippen molar-refractivity contribution >= 4 is 34.8 Å². The first-order valence-corrected chi connectivity index (χ1v) is 9.34. The molecule has 0 bridgehead atoms. The summed E-state index contributed by atoms with van der Waals surface area (Å²) in [6.45, 7) is 9.80. The van der Waals surface area contributed by atoms with E-state index in [1.165, 1.54) is 16.8 Å². The number of phenolic OH excluding ortho intramolecular Hbond substituents is 1. The highest BCUT2D eigenvalue weighted by Gasteiger charge is 2.31. The van der Waals surface area contributed by atoms with Crippen LogP contribution in [0, 0.1) is 0 Å². The lowest BCUT2D eigenvalue weighted by atomic mass is 9.88. The topological polar surface area (TPSA) is 35.8 Å². The minimum absolute atomic E-state index is 0.0341. The van der Waals surface area contributed by atoms with Crippen LogP contribution in [0.1, 0.15) is 45.2 Å². The fraction of sp³-hybridized carbons (Fsp3) is 0.318. The van der Waals surface area contributed by atoms with Crippen molar-refractivity contribution in [2.75, 3.05) is 11.4 Å². The van der Waals surface area contributed by atoms with Crippen LogP contribution in [0.2, 0.25) is 5.02 Å². The predicted molar refractivity (Wildman–Crippen MR) is 112 cm³/mol. The average molecular weight is 369 g/mol. The number of nitrogens with zero attached hydrogens (tertiary/aromatic N) is 2. The Labute approximate surface area is 160 Å². The number of hydrogen-bond donors (Lipinski definition) is 1. The number of allylic oxidation sites excluding steroid dienone is 1. The molecule has 1 heterocycles. The Morgan fingerprint density at radius 3 is 2.69 bits per heavy atom. The van der Waals surface area contributed by atoms with Gasteiger partial charge in [0.1, 0.15) is 5.75 Å². The molecule has 0 saturated heterocycles. The van der Waals surface area contributed by atoms with Crippen LogP contribution in [0.25, 0.3) is 5.57 Å². The number of halogens is 1. The standard InChI is InChI=1S/C22H25ClN2O/c1-5-9-25-21-12-20(23)16(10-19(21)15(2)13-22(25,3)4)14-24-17-7-6-8-18(26)11-17/h6-8,10-14,26H,5,9H2,1-4H3. The van der Waals surface area contributed by atoms with E-state index in [-0.39, 0.29) is 11.3 Å². The summed E-state index contributed by atoms with van der Waals surface area (Å²) in [6, 6.07) is 11.0. The molecule has 1 aliphatic rings. The van der Waals surface area contributed by atoms with Crippen LogP contribution in [-0.2, 0) is 0 Å². The van der Waals surface area contributed by atoms with Gasteiger partial charge in [-0.3, -0.25) is 4.99 Å². The fourth-order valence-corrected chi connectivity index (χ4v) is 3.77. The Bertz CT molecular complexity index is 884. The van der Waals surface area contributed by atoms with E-state index < -0.39 is 0 Å². The zero-order chi connectivity index (χ0) is 18.9.